The van der Waals surface area contributed by atoms with E-state index in [0.717, 1.165) is 23.1 Å². The lowest BCUT2D eigenvalue weighted by Gasteiger charge is -2.18. The molecule has 1 aliphatic rings. The summed E-state index contributed by atoms with van der Waals surface area (Å²) in [6.07, 6.45) is 0.734. The Bertz CT molecular complexity index is 686. The van der Waals surface area contributed by atoms with Gasteiger partial charge in [0.15, 0.2) is 5.78 Å². The molecule has 3 heteroatoms. The van der Waals surface area contributed by atoms with Crippen molar-refractivity contribution >= 4 is 11.8 Å². The number of rotatable bonds is 1. The molecule has 3 rings (SSSR count). The van der Waals surface area contributed by atoms with Gasteiger partial charge < -0.3 is 4.74 Å². The third-order valence-corrected chi connectivity index (χ3v) is 3.23. The average Bonchev–Trinajstić information content (AvgIpc) is 2.39. The fraction of sp³-hybridized carbons (Fsp3) is 0.125. The summed E-state index contributed by atoms with van der Waals surface area (Å²) in [6.45, 7) is 1.34. The second kappa shape index (κ2) is 4.35. The van der Waals surface area contributed by atoms with Gasteiger partial charge in [-0.25, -0.2) is 0 Å². The lowest BCUT2D eigenvalue weighted by atomic mass is 9.85. The number of carbonyl (C=O) groups excluding carboxylic acids is 2. The van der Waals surface area contributed by atoms with E-state index in [2.05, 4.69) is 0 Å². The van der Waals surface area contributed by atoms with Crippen molar-refractivity contribution in [3.8, 4) is 5.75 Å². The number of ether oxygens (including phenoxy) is 1. The van der Waals surface area contributed by atoms with E-state index in [-0.39, 0.29) is 11.8 Å². The standard InChI is InChI=1S/C16H12O3/c1-10(17)19-13-7-6-12-8-11-4-2-3-5-14(11)16(18)15(12)9-13/h2-7,9H,8H2,1H3. The molecule has 0 unspecified atom stereocenters. The molecule has 0 aromatic heterocycles. The van der Waals surface area contributed by atoms with Crippen LogP contribution in [-0.4, -0.2) is 11.8 Å². The molecule has 0 heterocycles. The van der Waals surface area contributed by atoms with Gasteiger partial charge in [0.25, 0.3) is 0 Å². The first-order valence-corrected chi connectivity index (χ1v) is 6.09. The van der Waals surface area contributed by atoms with Crippen LogP contribution in [0, 0.1) is 0 Å². The van der Waals surface area contributed by atoms with Crippen molar-refractivity contribution in [2.45, 2.75) is 13.3 Å². The normalized spacial score (nSPS) is 12.6. The SMILES string of the molecule is CC(=O)Oc1ccc2c(c1)C(=O)c1ccccc1C2. The van der Waals surface area contributed by atoms with Crippen LogP contribution in [0.5, 0.6) is 5.75 Å². The molecule has 19 heavy (non-hydrogen) atoms. The van der Waals surface area contributed by atoms with Crippen LogP contribution in [0.3, 0.4) is 0 Å². The van der Waals surface area contributed by atoms with Gasteiger partial charge in [0.1, 0.15) is 5.75 Å². The second-order valence-electron chi connectivity index (χ2n) is 4.58. The molecule has 0 radical (unpaired) electrons. The van der Waals surface area contributed by atoms with Crippen LogP contribution in [0.25, 0.3) is 0 Å². The Morgan fingerprint density at radius 3 is 2.58 bits per heavy atom. The summed E-state index contributed by atoms with van der Waals surface area (Å²) in [7, 11) is 0. The number of hydrogen-bond donors (Lipinski definition) is 0. The molecule has 0 fully saturated rings. The van der Waals surface area contributed by atoms with Crippen LogP contribution in [0.4, 0.5) is 0 Å². The Morgan fingerprint density at radius 2 is 1.79 bits per heavy atom. The van der Waals surface area contributed by atoms with E-state index in [1.54, 1.807) is 12.1 Å². The highest BCUT2D eigenvalue weighted by Crippen LogP contribution is 2.29. The van der Waals surface area contributed by atoms with E-state index in [4.69, 9.17) is 4.74 Å². The molecule has 2 aromatic rings. The quantitative estimate of drug-likeness (QED) is 0.494. The highest BCUT2D eigenvalue weighted by Gasteiger charge is 2.23. The molecule has 0 saturated carbocycles. The summed E-state index contributed by atoms with van der Waals surface area (Å²) in [6, 6.07) is 12.8. The van der Waals surface area contributed by atoms with Crippen LogP contribution in [0.15, 0.2) is 42.5 Å². The predicted molar refractivity (Wildman–Crippen MR) is 70.4 cm³/mol. The van der Waals surface area contributed by atoms with Gasteiger partial charge in [-0.1, -0.05) is 30.3 Å². The smallest absolute Gasteiger partial charge is 0.308 e. The maximum Gasteiger partial charge on any atom is 0.308 e. The summed E-state index contributed by atoms with van der Waals surface area (Å²) in [4.78, 5) is 23.4. The number of hydrogen-bond acceptors (Lipinski definition) is 3. The van der Waals surface area contributed by atoms with Crippen LogP contribution >= 0.6 is 0 Å². The lowest BCUT2D eigenvalue weighted by Crippen LogP contribution is -2.15. The molecular formula is C16H12O3. The van der Waals surface area contributed by atoms with E-state index in [0.29, 0.717) is 11.3 Å². The average molecular weight is 252 g/mol. The number of esters is 1. The maximum atomic E-state index is 12.4. The van der Waals surface area contributed by atoms with Crippen molar-refractivity contribution in [2.75, 3.05) is 0 Å². The zero-order valence-electron chi connectivity index (χ0n) is 10.5. The summed E-state index contributed by atoms with van der Waals surface area (Å²) in [5.41, 5.74) is 3.37. The molecule has 2 aromatic carbocycles. The predicted octanol–water partition coefficient (Wildman–Crippen LogP) is 2.75. The van der Waals surface area contributed by atoms with Crippen molar-refractivity contribution in [2.24, 2.45) is 0 Å². The largest absolute Gasteiger partial charge is 0.427 e. The molecule has 1 aliphatic carbocycles. The van der Waals surface area contributed by atoms with Crippen LogP contribution in [-0.2, 0) is 11.2 Å². The summed E-state index contributed by atoms with van der Waals surface area (Å²) >= 11 is 0. The van der Waals surface area contributed by atoms with Crippen LogP contribution in [0.2, 0.25) is 0 Å². The molecule has 0 spiro atoms. The number of fused-ring (bicyclic) bond motifs is 2. The highest BCUT2D eigenvalue weighted by molar-refractivity contribution is 6.12. The van der Waals surface area contributed by atoms with Crippen molar-refractivity contribution in [3.05, 3.63) is 64.7 Å². The summed E-state index contributed by atoms with van der Waals surface area (Å²) < 4.78 is 5.03. The van der Waals surface area contributed by atoms with Gasteiger partial charge in [-0.05, 0) is 29.7 Å². The van der Waals surface area contributed by atoms with Gasteiger partial charge in [-0.2, -0.15) is 0 Å². The third-order valence-electron chi connectivity index (χ3n) is 3.23. The molecule has 0 saturated heterocycles. The van der Waals surface area contributed by atoms with E-state index < -0.39 is 0 Å². The fourth-order valence-electron chi connectivity index (χ4n) is 2.40. The van der Waals surface area contributed by atoms with Crippen molar-refractivity contribution in [1.29, 1.82) is 0 Å². The maximum absolute atomic E-state index is 12.4. The Labute approximate surface area is 110 Å². The van der Waals surface area contributed by atoms with E-state index in [1.807, 2.05) is 30.3 Å². The molecule has 0 N–H and O–H groups in total. The zero-order chi connectivity index (χ0) is 13.4. The first-order chi connectivity index (χ1) is 9.15. The van der Waals surface area contributed by atoms with Crippen LogP contribution in [0.1, 0.15) is 34.0 Å². The van der Waals surface area contributed by atoms with Gasteiger partial charge >= 0.3 is 5.97 Å². The molecule has 0 amide bonds. The molecular weight excluding hydrogens is 240 g/mol. The van der Waals surface area contributed by atoms with Gasteiger partial charge in [-0.3, -0.25) is 9.59 Å². The van der Waals surface area contributed by atoms with Crippen molar-refractivity contribution in [1.82, 2.24) is 0 Å². The van der Waals surface area contributed by atoms with E-state index >= 15 is 0 Å². The zero-order valence-corrected chi connectivity index (χ0v) is 10.5. The van der Waals surface area contributed by atoms with Gasteiger partial charge in [0, 0.05) is 18.1 Å². The van der Waals surface area contributed by atoms with E-state index in [1.165, 1.54) is 6.92 Å². The van der Waals surface area contributed by atoms with E-state index in [9.17, 15) is 9.59 Å². The summed E-state index contributed by atoms with van der Waals surface area (Å²) in [5.74, 6) is 0.0217. The number of benzene rings is 2. The van der Waals surface area contributed by atoms with Gasteiger partial charge in [0.2, 0.25) is 0 Å². The first kappa shape index (κ1) is 11.7. The Kier molecular flexibility index (Phi) is 2.67. The lowest BCUT2D eigenvalue weighted by molar-refractivity contribution is -0.131. The monoisotopic (exact) mass is 252 g/mol. The molecule has 94 valence electrons. The van der Waals surface area contributed by atoms with Crippen molar-refractivity contribution in [3.63, 3.8) is 0 Å². The fourth-order valence-corrected chi connectivity index (χ4v) is 2.40. The minimum atomic E-state index is -0.386. The highest BCUT2D eigenvalue weighted by atomic mass is 16.5. The minimum Gasteiger partial charge on any atom is -0.427 e. The van der Waals surface area contributed by atoms with Gasteiger partial charge in [-0.15, -0.1) is 0 Å². The van der Waals surface area contributed by atoms with Gasteiger partial charge in [0.05, 0.1) is 0 Å². The Morgan fingerprint density at radius 1 is 1.05 bits per heavy atom. The summed E-state index contributed by atoms with van der Waals surface area (Å²) in [5, 5.41) is 0. The molecule has 0 atom stereocenters. The van der Waals surface area contributed by atoms with Crippen molar-refractivity contribution < 1.29 is 14.3 Å². The number of ketones is 1. The Hall–Kier alpha value is -2.42. The molecule has 3 nitrogen and oxygen atoms in total. The molecule has 0 bridgehead atoms. The Balaban J connectivity index is 2.06. The second-order valence-corrected chi connectivity index (χ2v) is 4.58. The molecule has 0 aliphatic heterocycles. The first-order valence-electron chi connectivity index (χ1n) is 6.09. The minimum absolute atomic E-state index is 0.00847. The third kappa shape index (κ3) is 2.03. The number of carbonyl (C=O) groups is 2. The van der Waals surface area contributed by atoms with Crippen LogP contribution < -0.4 is 4.74 Å². The topological polar surface area (TPSA) is 43.4 Å².